The molecule has 0 aromatic heterocycles. The fraction of sp³-hybridized carbons (Fsp3) is 0.932. The minimum absolute atomic E-state index is 0.0124. The fourth-order valence-corrected chi connectivity index (χ4v) is 8.95. The number of ether oxygens (including phenoxy) is 2. The lowest BCUT2D eigenvalue weighted by Crippen LogP contribution is -2.21. The van der Waals surface area contributed by atoms with Crippen molar-refractivity contribution < 1.29 is 23.9 Å². The first kappa shape index (κ1) is 45.1. The van der Waals surface area contributed by atoms with Gasteiger partial charge in [-0.15, -0.1) is 0 Å². The third-order valence-corrected chi connectivity index (χ3v) is 12.4. The quantitative estimate of drug-likeness (QED) is 0.0730. The third kappa shape index (κ3) is 25.8. The van der Waals surface area contributed by atoms with Crippen molar-refractivity contribution in [1.29, 1.82) is 0 Å². The molecule has 0 N–H and O–H groups in total. The van der Waals surface area contributed by atoms with Gasteiger partial charge in [0.2, 0.25) is 0 Å². The minimum Gasteiger partial charge on any atom is -0.465 e. The molecule has 292 valence electrons. The highest BCUT2D eigenvalue weighted by atomic mass is 32.2. The Hall–Kier alpha value is -1.04. The monoisotopic (exact) mass is 721 g/mol. The lowest BCUT2D eigenvalue weighted by Gasteiger charge is -2.22. The lowest BCUT2D eigenvalue weighted by molar-refractivity contribution is -0.150. The maximum absolute atomic E-state index is 12.9. The van der Waals surface area contributed by atoms with Gasteiger partial charge < -0.3 is 9.47 Å². The average Bonchev–Trinajstić information content (AvgIpc) is 3.13. The zero-order valence-electron chi connectivity index (χ0n) is 32.8. The van der Waals surface area contributed by atoms with Gasteiger partial charge in [-0.05, 0) is 75.9 Å². The number of Topliss-reactive ketones (excluding diaryl/α,β-unsaturated/α-hetero) is 1. The molecule has 2 rings (SSSR count). The van der Waals surface area contributed by atoms with Gasteiger partial charge >= 0.3 is 11.9 Å². The van der Waals surface area contributed by atoms with E-state index in [2.05, 4.69) is 6.92 Å². The largest absolute Gasteiger partial charge is 0.465 e. The lowest BCUT2D eigenvalue weighted by atomic mass is 9.86. The number of ketones is 1. The summed E-state index contributed by atoms with van der Waals surface area (Å²) in [5, 5.41) is 0. The summed E-state index contributed by atoms with van der Waals surface area (Å²) in [6.45, 7) is 2.73. The topological polar surface area (TPSA) is 69.7 Å². The Kier molecular flexibility index (Phi) is 29.4. The normalized spacial score (nSPS) is 18.5. The van der Waals surface area contributed by atoms with Gasteiger partial charge in [-0.25, -0.2) is 0 Å². The number of hydrogen-bond acceptors (Lipinski definition) is 6. The Labute approximate surface area is 313 Å². The summed E-state index contributed by atoms with van der Waals surface area (Å²) in [6, 6.07) is 0. The third-order valence-electron chi connectivity index (χ3n) is 11.2. The van der Waals surface area contributed by atoms with Crippen LogP contribution in [0.5, 0.6) is 0 Å². The highest BCUT2D eigenvalue weighted by Gasteiger charge is 2.20. The van der Waals surface area contributed by atoms with E-state index in [1.165, 1.54) is 116 Å². The van der Waals surface area contributed by atoms with E-state index < -0.39 is 0 Å². The van der Waals surface area contributed by atoms with Crippen LogP contribution in [0.25, 0.3) is 0 Å². The molecule has 0 heterocycles. The van der Waals surface area contributed by atoms with Crippen molar-refractivity contribution in [1.82, 2.24) is 0 Å². The molecule has 5 nitrogen and oxygen atoms in total. The average molecular weight is 721 g/mol. The van der Waals surface area contributed by atoms with Crippen molar-refractivity contribution in [2.45, 2.75) is 231 Å². The van der Waals surface area contributed by atoms with Crippen LogP contribution in [0.1, 0.15) is 225 Å². The maximum Gasteiger partial charge on any atom is 0.308 e. The predicted octanol–water partition coefficient (Wildman–Crippen LogP) is 13.3. The van der Waals surface area contributed by atoms with Crippen LogP contribution in [-0.4, -0.2) is 41.9 Å². The van der Waals surface area contributed by atoms with Crippen LogP contribution >= 0.6 is 11.8 Å². The molecule has 0 aromatic rings. The summed E-state index contributed by atoms with van der Waals surface area (Å²) in [7, 11) is 0. The van der Waals surface area contributed by atoms with E-state index in [1.54, 1.807) is 0 Å². The first-order valence-electron chi connectivity index (χ1n) is 22.0. The van der Waals surface area contributed by atoms with Crippen molar-refractivity contribution in [3.63, 3.8) is 0 Å². The number of rotatable bonds is 24. The van der Waals surface area contributed by atoms with E-state index in [4.69, 9.17) is 9.47 Å². The van der Waals surface area contributed by atoms with Crippen LogP contribution in [0.15, 0.2) is 0 Å². The van der Waals surface area contributed by atoms with E-state index in [-0.39, 0.29) is 24.0 Å². The highest BCUT2D eigenvalue weighted by Crippen LogP contribution is 2.28. The van der Waals surface area contributed by atoms with Crippen LogP contribution < -0.4 is 0 Å². The van der Waals surface area contributed by atoms with Gasteiger partial charge in [-0.3, -0.25) is 14.4 Å². The first-order valence-corrected chi connectivity index (χ1v) is 23.2. The van der Waals surface area contributed by atoms with Crippen LogP contribution in [0, 0.1) is 11.8 Å². The molecule has 0 saturated heterocycles. The molecule has 0 spiro atoms. The number of carbonyl (C=O) groups is 3. The van der Waals surface area contributed by atoms with Crippen LogP contribution in [0.4, 0.5) is 0 Å². The van der Waals surface area contributed by atoms with Crippen molar-refractivity contribution in [2.24, 2.45) is 11.8 Å². The second-order valence-corrected chi connectivity index (χ2v) is 17.1. The van der Waals surface area contributed by atoms with Crippen LogP contribution in [0.3, 0.4) is 0 Å². The smallest absolute Gasteiger partial charge is 0.308 e. The Balaban J connectivity index is 1.49. The predicted molar refractivity (Wildman–Crippen MR) is 213 cm³/mol. The Morgan fingerprint density at radius 1 is 0.600 bits per heavy atom. The zero-order chi connectivity index (χ0) is 35.7. The summed E-state index contributed by atoms with van der Waals surface area (Å²) >= 11 is 1.91. The number of carbonyl (C=O) groups excluding carboxylic acids is 3. The van der Waals surface area contributed by atoms with E-state index in [0.717, 1.165) is 101 Å². The van der Waals surface area contributed by atoms with Gasteiger partial charge in [0, 0.05) is 25.0 Å². The van der Waals surface area contributed by atoms with E-state index >= 15 is 0 Å². The zero-order valence-corrected chi connectivity index (χ0v) is 33.7. The van der Waals surface area contributed by atoms with E-state index in [1.807, 2.05) is 11.8 Å². The number of esters is 2. The van der Waals surface area contributed by atoms with Gasteiger partial charge in [0.25, 0.3) is 0 Å². The van der Waals surface area contributed by atoms with Crippen molar-refractivity contribution in [3.05, 3.63) is 0 Å². The van der Waals surface area contributed by atoms with Crippen LogP contribution in [-0.2, 0) is 23.9 Å². The molecule has 2 aliphatic carbocycles. The second-order valence-electron chi connectivity index (χ2n) is 15.9. The Morgan fingerprint density at radius 2 is 1.14 bits per heavy atom. The SMILES string of the molecule is CCCCCCC(CSCCCCCC(=O)CCCCCOC(=O)C1CCCCCCCCCCCCCC1)OC(=O)CCC1CCCCC1. The summed E-state index contributed by atoms with van der Waals surface area (Å²) in [5.41, 5.74) is 0. The van der Waals surface area contributed by atoms with Gasteiger partial charge in [-0.1, -0.05) is 142 Å². The molecule has 0 aromatic carbocycles. The fourth-order valence-electron chi connectivity index (χ4n) is 7.88. The van der Waals surface area contributed by atoms with Gasteiger partial charge in [0.05, 0.1) is 12.5 Å². The summed E-state index contributed by atoms with van der Waals surface area (Å²) in [4.78, 5) is 37.9. The molecule has 0 aliphatic heterocycles. The minimum atomic E-state index is 0.0124. The molecule has 2 saturated carbocycles. The molecule has 6 heteroatoms. The molecule has 0 bridgehead atoms. The van der Waals surface area contributed by atoms with Crippen molar-refractivity contribution in [2.75, 3.05) is 18.1 Å². The van der Waals surface area contributed by atoms with Gasteiger partial charge in [-0.2, -0.15) is 11.8 Å². The summed E-state index contributed by atoms with van der Waals surface area (Å²) < 4.78 is 11.7. The highest BCUT2D eigenvalue weighted by molar-refractivity contribution is 7.99. The Morgan fingerprint density at radius 3 is 1.76 bits per heavy atom. The molecule has 2 aliphatic rings. The molecule has 50 heavy (non-hydrogen) atoms. The number of thioether (sulfide) groups is 1. The van der Waals surface area contributed by atoms with Crippen molar-refractivity contribution >= 4 is 29.5 Å². The molecule has 1 atom stereocenters. The molecular weight excluding hydrogens is 641 g/mol. The van der Waals surface area contributed by atoms with Crippen LogP contribution in [0.2, 0.25) is 0 Å². The second kappa shape index (κ2) is 32.6. The molecule has 0 radical (unpaired) electrons. The molecule has 2 fully saturated rings. The Bertz CT molecular complexity index is 809. The van der Waals surface area contributed by atoms with E-state index in [9.17, 15) is 14.4 Å². The maximum atomic E-state index is 12.9. The number of hydrogen-bond donors (Lipinski definition) is 0. The van der Waals surface area contributed by atoms with E-state index in [0.29, 0.717) is 31.7 Å². The summed E-state index contributed by atoms with van der Waals surface area (Å²) in [5.74, 6) is 3.18. The summed E-state index contributed by atoms with van der Waals surface area (Å²) in [6.07, 6.45) is 38.8. The van der Waals surface area contributed by atoms with Gasteiger partial charge in [0.1, 0.15) is 11.9 Å². The van der Waals surface area contributed by atoms with Gasteiger partial charge in [0.15, 0.2) is 0 Å². The molecular formula is C44H80O5S. The molecule has 1 unspecified atom stereocenters. The first-order chi connectivity index (χ1) is 24.6. The number of unbranched alkanes of at least 4 members (excludes halogenated alkanes) is 7. The standard InChI is InChI=1S/C44H80O5S/c1-2-3-4-24-33-42(49-43(46)35-34-39-27-18-15-19-28-39)38-50-37-26-17-23-32-41(45)31-22-16-25-36-48-44(47)40-29-20-13-11-9-7-5-6-8-10-12-14-21-30-40/h39-40,42H,2-38H2,1H3. The molecule has 0 amide bonds. The van der Waals surface area contributed by atoms with Crippen molar-refractivity contribution in [3.8, 4) is 0 Å².